The van der Waals surface area contributed by atoms with Crippen LogP contribution in [0.4, 0.5) is 0 Å². The molecule has 0 radical (unpaired) electrons. The van der Waals surface area contributed by atoms with Crippen LogP contribution in [-0.4, -0.2) is 11.6 Å². The molecule has 3 fully saturated rings. The normalized spacial score (nSPS) is 50.2. The fourth-order valence-electron chi connectivity index (χ4n) is 6.69. The minimum atomic E-state index is -0.191. The lowest BCUT2D eigenvalue weighted by atomic mass is 9.37. The van der Waals surface area contributed by atoms with Crippen LogP contribution in [0.5, 0.6) is 0 Å². The Morgan fingerprint density at radius 1 is 1.04 bits per heavy atom. The molecule has 0 unspecified atom stereocenters. The van der Waals surface area contributed by atoms with Gasteiger partial charge in [-0.1, -0.05) is 45.9 Å². The van der Waals surface area contributed by atoms with E-state index in [1.54, 1.807) is 12.2 Å². The van der Waals surface area contributed by atoms with Gasteiger partial charge >= 0.3 is 0 Å². The molecule has 2 nitrogen and oxygen atoms in total. The maximum Gasteiger partial charge on any atom is 0.178 e. The van der Waals surface area contributed by atoms with Crippen molar-refractivity contribution in [1.29, 1.82) is 0 Å². The third kappa shape index (κ3) is 1.54. The predicted molar refractivity (Wildman–Crippen MR) is 95.4 cm³/mol. The molecule has 2 heteroatoms. The number of Topliss-reactive ketones (excluding diaryl/α,β-unsaturated/α-hetero) is 1. The van der Waals surface area contributed by atoms with Crippen LogP contribution in [0.3, 0.4) is 0 Å². The highest BCUT2D eigenvalue weighted by Gasteiger charge is 2.69. The fourth-order valence-corrected chi connectivity index (χ4v) is 6.69. The van der Waals surface area contributed by atoms with Gasteiger partial charge in [-0.25, -0.2) is 0 Å². The summed E-state index contributed by atoms with van der Waals surface area (Å²) < 4.78 is 0. The monoisotopic (exact) mass is 324 g/mol. The number of carbonyl (C=O) groups is 2. The standard InChI is InChI=1S/C22H28O2/c1-14-12-17-20(3)9-7-18(24)22(20,5)11-10-21(17,4)19(2)8-6-15(23)13-16(14)19/h6,8,13,17H,1,7,9-12H2,2-5H3/t17-,19-,20-,21-,22+/m0/s1. The van der Waals surface area contributed by atoms with E-state index in [0.29, 0.717) is 11.7 Å². The minimum absolute atomic E-state index is 0.0316. The maximum atomic E-state index is 12.7. The van der Waals surface area contributed by atoms with Gasteiger partial charge in [-0.15, -0.1) is 0 Å². The van der Waals surface area contributed by atoms with Gasteiger partial charge in [0.2, 0.25) is 0 Å². The van der Waals surface area contributed by atoms with E-state index in [0.717, 1.165) is 43.3 Å². The Hall–Kier alpha value is -1.44. The summed E-state index contributed by atoms with van der Waals surface area (Å²) in [5, 5.41) is 0. The van der Waals surface area contributed by atoms with Gasteiger partial charge in [0.05, 0.1) is 0 Å². The number of fused-ring (bicyclic) bond motifs is 5. The van der Waals surface area contributed by atoms with Gasteiger partial charge in [0.15, 0.2) is 5.78 Å². The van der Waals surface area contributed by atoms with Crippen LogP contribution in [0.15, 0.2) is 36.0 Å². The van der Waals surface area contributed by atoms with Gasteiger partial charge in [-0.05, 0) is 60.2 Å². The van der Waals surface area contributed by atoms with E-state index in [-0.39, 0.29) is 27.4 Å². The lowest BCUT2D eigenvalue weighted by Crippen LogP contribution is -2.60. The third-order valence-electron chi connectivity index (χ3n) is 8.87. The second-order valence-electron chi connectivity index (χ2n) is 9.45. The second-order valence-corrected chi connectivity index (χ2v) is 9.45. The number of hydrogen-bond donors (Lipinski definition) is 0. The van der Waals surface area contributed by atoms with Crippen LogP contribution in [0.1, 0.15) is 59.8 Å². The molecule has 0 aromatic carbocycles. The van der Waals surface area contributed by atoms with Gasteiger partial charge in [0.1, 0.15) is 5.78 Å². The first-order valence-corrected chi connectivity index (χ1v) is 9.25. The first-order valence-electron chi connectivity index (χ1n) is 9.25. The van der Waals surface area contributed by atoms with E-state index < -0.39 is 0 Å². The lowest BCUT2D eigenvalue weighted by Gasteiger charge is -2.66. The first kappa shape index (κ1) is 16.1. The molecule has 4 rings (SSSR count). The molecule has 0 amide bonds. The molecule has 0 aromatic heterocycles. The fraction of sp³-hybridized carbons (Fsp3) is 0.636. The molecule has 0 aromatic rings. The number of hydrogen-bond acceptors (Lipinski definition) is 2. The van der Waals surface area contributed by atoms with Gasteiger partial charge in [-0.3, -0.25) is 9.59 Å². The number of allylic oxidation sites excluding steroid dienone is 5. The largest absolute Gasteiger partial charge is 0.299 e. The van der Waals surface area contributed by atoms with Crippen LogP contribution in [0.25, 0.3) is 0 Å². The van der Waals surface area contributed by atoms with E-state index in [1.165, 1.54) is 0 Å². The van der Waals surface area contributed by atoms with Gasteiger partial charge in [0, 0.05) is 17.3 Å². The predicted octanol–water partition coefficient (Wildman–Crippen LogP) is 4.81. The average Bonchev–Trinajstić information content (AvgIpc) is 2.77. The Morgan fingerprint density at radius 2 is 1.75 bits per heavy atom. The molecule has 0 spiro atoms. The molecule has 0 bridgehead atoms. The van der Waals surface area contributed by atoms with E-state index in [2.05, 4.69) is 40.3 Å². The van der Waals surface area contributed by atoms with Crippen molar-refractivity contribution in [3.8, 4) is 0 Å². The number of carbonyl (C=O) groups excluding carboxylic acids is 2. The molecule has 3 saturated carbocycles. The molecule has 0 heterocycles. The molecule has 0 saturated heterocycles. The van der Waals surface area contributed by atoms with Crippen molar-refractivity contribution in [2.75, 3.05) is 0 Å². The van der Waals surface area contributed by atoms with E-state index >= 15 is 0 Å². The zero-order valence-electron chi connectivity index (χ0n) is 15.4. The summed E-state index contributed by atoms with van der Waals surface area (Å²) in [6.07, 6.45) is 10.3. The SMILES string of the molecule is C=C1C[C@@H]2[C@](C)(CC[C@]3(C)C(=O)CC[C@@]23C)[C@@]2(C)C=CC(=O)C=C12. The highest BCUT2D eigenvalue weighted by Crippen LogP contribution is 2.74. The highest BCUT2D eigenvalue weighted by atomic mass is 16.1. The summed E-state index contributed by atoms with van der Waals surface area (Å²) in [6, 6.07) is 0. The molecular weight excluding hydrogens is 296 g/mol. The summed E-state index contributed by atoms with van der Waals surface area (Å²) in [4.78, 5) is 24.7. The number of ketones is 2. The van der Waals surface area contributed by atoms with E-state index in [1.807, 2.05) is 0 Å². The van der Waals surface area contributed by atoms with E-state index in [4.69, 9.17) is 0 Å². The van der Waals surface area contributed by atoms with Crippen molar-refractivity contribution in [2.45, 2.75) is 59.8 Å². The molecular formula is C22H28O2. The third-order valence-corrected chi connectivity index (χ3v) is 8.87. The highest BCUT2D eigenvalue weighted by molar-refractivity contribution is 6.02. The molecule has 5 atom stereocenters. The van der Waals surface area contributed by atoms with E-state index in [9.17, 15) is 9.59 Å². The Kier molecular flexibility index (Phi) is 2.94. The van der Waals surface area contributed by atoms with Gasteiger partial charge in [0.25, 0.3) is 0 Å². The first-order chi connectivity index (χ1) is 11.1. The molecule has 0 N–H and O–H groups in total. The maximum absolute atomic E-state index is 12.7. The summed E-state index contributed by atoms with van der Waals surface area (Å²) >= 11 is 0. The van der Waals surface area contributed by atoms with Crippen LogP contribution >= 0.6 is 0 Å². The van der Waals surface area contributed by atoms with Crippen molar-refractivity contribution < 1.29 is 9.59 Å². The summed E-state index contributed by atoms with van der Waals surface area (Å²) in [7, 11) is 0. The molecule has 4 aliphatic carbocycles. The van der Waals surface area contributed by atoms with Crippen molar-refractivity contribution in [2.24, 2.45) is 27.6 Å². The topological polar surface area (TPSA) is 34.1 Å². The number of rotatable bonds is 0. The second kappa shape index (κ2) is 4.39. The van der Waals surface area contributed by atoms with Crippen molar-refractivity contribution >= 4 is 11.6 Å². The Morgan fingerprint density at radius 3 is 2.46 bits per heavy atom. The smallest absolute Gasteiger partial charge is 0.178 e. The lowest BCUT2D eigenvalue weighted by molar-refractivity contribution is -0.154. The van der Waals surface area contributed by atoms with Gasteiger partial charge < -0.3 is 0 Å². The Labute approximate surface area is 145 Å². The molecule has 128 valence electrons. The quantitative estimate of drug-likeness (QED) is 0.641. The van der Waals surface area contributed by atoms with Crippen LogP contribution in [0, 0.1) is 27.6 Å². The molecule has 24 heavy (non-hydrogen) atoms. The average molecular weight is 324 g/mol. The zero-order chi connectivity index (χ0) is 17.5. The van der Waals surface area contributed by atoms with Crippen LogP contribution in [0.2, 0.25) is 0 Å². The molecule has 4 aliphatic rings. The van der Waals surface area contributed by atoms with Crippen LogP contribution < -0.4 is 0 Å². The Bertz CT molecular complexity index is 741. The van der Waals surface area contributed by atoms with Crippen molar-refractivity contribution in [3.63, 3.8) is 0 Å². The summed E-state index contributed by atoms with van der Waals surface area (Å²) in [5.74, 6) is 0.967. The Balaban J connectivity index is 1.90. The minimum Gasteiger partial charge on any atom is -0.299 e. The summed E-state index contributed by atoms with van der Waals surface area (Å²) in [5.41, 5.74) is 1.98. The van der Waals surface area contributed by atoms with Crippen molar-refractivity contribution in [3.05, 3.63) is 36.0 Å². The van der Waals surface area contributed by atoms with Crippen molar-refractivity contribution in [1.82, 2.24) is 0 Å². The zero-order valence-corrected chi connectivity index (χ0v) is 15.4. The molecule has 0 aliphatic heterocycles. The summed E-state index contributed by atoms with van der Waals surface area (Å²) in [6.45, 7) is 13.6. The van der Waals surface area contributed by atoms with Crippen LogP contribution in [-0.2, 0) is 9.59 Å². The van der Waals surface area contributed by atoms with Gasteiger partial charge in [-0.2, -0.15) is 0 Å².